The summed E-state index contributed by atoms with van der Waals surface area (Å²) < 4.78 is 0. The summed E-state index contributed by atoms with van der Waals surface area (Å²) in [6.07, 6.45) is 1.49. The normalized spacial score (nSPS) is 13.8. The van der Waals surface area contributed by atoms with Gasteiger partial charge in [0.05, 0.1) is 11.3 Å². The van der Waals surface area contributed by atoms with Crippen LogP contribution in [0.1, 0.15) is 37.6 Å². The zero-order valence-electron chi connectivity index (χ0n) is 13.6. The summed E-state index contributed by atoms with van der Waals surface area (Å²) >= 11 is 0. The first-order chi connectivity index (χ1) is 9.84. The minimum Gasteiger partial charge on any atom is -0.387 e. The minimum atomic E-state index is -0.909. The van der Waals surface area contributed by atoms with Gasteiger partial charge in [-0.3, -0.25) is 0 Å². The summed E-state index contributed by atoms with van der Waals surface area (Å²) in [6.45, 7) is 6.58. The molecule has 0 aliphatic rings. The van der Waals surface area contributed by atoms with E-state index in [1.165, 1.54) is 0 Å². The number of nitrogens with one attached hydrogen (secondary N) is 1. The summed E-state index contributed by atoms with van der Waals surface area (Å²) in [5.74, 6) is 0.450. The third kappa shape index (κ3) is 4.66. The first kappa shape index (κ1) is 17.3. The van der Waals surface area contributed by atoms with E-state index < -0.39 is 5.60 Å². The first-order valence-electron chi connectivity index (χ1n) is 7.24. The molecule has 1 heterocycles. The topological polar surface area (TPSA) is 85.1 Å². The van der Waals surface area contributed by atoms with Crippen LogP contribution >= 0.6 is 0 Å². The van der Waals surface area contributed by atoms with E-state index in [0.29, 0.717) is 24.5 Å². The Balaban J connectivity index is 2.97. The Morgan fingerprint density at radius 2 is 1.95 bits per heavy atom. The van der Waals surface area contributed by atoms with Crippen molar-refractivity contribution in [3.63, 3.8) is 0 Å². The van der Waals surface area contributed by atoms with Gasteiger partial charge >= 0.3 is 0 Å². The molecular formula is C15H25N5O. The van der Waals surface area contributed by atoms with E-state index in [2.05, 4.69) is 21.6 Å². The van der Waals surface area contributed by atoms with Crippen molar-refractivity contribution in [1.82, 2.24) is 15.1 Å². The molecule has 1 aromatic heterocycles. The molecule has 0 fully saturated rings. The highest BCUT2D eigenvalue weighted by Crippen LogP contribution is 2.20. The van der Waals surface area contributed by atoms with Gasteiger partial charge in [-0.25, -0.2) is 0 Å². The molecule has 1 rings (SSSR count). The molecule has 2 N–H and O–H groups in total. The van der Waals surface area contributed by atoms with Crippen LogP contribution < -0.4 is 5.32 Å². The van der Waals surface area contributed by atoms with E-state index in [9.17, 15) is 10.4 Å². The van der Waals surface area contributed by atoms with Gasteiger partial charge in [-0.15, -0.1) is 5.10 Å². The second-order valence-corrected chi connectivity index (χ2v) is 5.76. The third-order valence-electron chi connectivity index (χ3n) is 3.25. The molecule has 0 aromatic carbocycles. The highest BCUT2D eigenvalue weighted by atomic mass is 16.3. The highest BCUT2D eigenvalue weighted by Gasteiger charge is 2.23. The summed E-state index contributed by atoms with van der Waals surface area (Å²) in [6, 6.07) is 2.21. The van der Waals surface area contributed by atoms with E-state index in [4.69, 9.17) is 0 Å². The van der Waals surface area contributed by atoms with Crippen molar-refractivity contribution >= 4 is 5.82 Å². The fraction of sp³-hybridized carbons (Fsp3) is 0.667. The fourth-order valence-corrected chi connectivity index (χ4v) is 2.43. The Bertz CT molecular complexity index is 520. The summed E-state index contributed by atoms with van der Waals surface area (Å²) in [7, 11) is 3.81. The van der Waals surface area contributed by atoms with Crippen LogP contribution in [-0.4, -0.2) is 53.0 Å². The first-order valence-corrected chi connectivity index (χ1v) is 7.24. The Kier molecular flexibility index (Phi) is 6.06. The molecular weight excluding hydrogens is 266 g/mol. The molecule has 0 aliphatic carbocycles. The Hall–Kier alpha value is -1.71. The van der Waals surface area contributed by atoms with Crippen molar-refractivity contribution in [1.29, 1.82) is 5.26 Å². The molecule has 21 heavy (non-hydrogen) atoms. The van der Waals surface area contributed by atoms with Crippen molar-refractivity contribution in [2.75, 3.05) is 32.5 Å². The molecule has 0 saturated carbocycles. The number of rotatable bonds is 7. The Morgan fingerprint density at radius 3 is 2.43 bits per heavy atom. The van der Waals surface area contributed by atoms with Gasteiger partial charge in [0.2, 0.25) is 0 Å². The van der Waals surface area contributed by atoms with Gasteiger partial charge in [0, 0.05) is 13.1 Å². The summed E-state index contributed by atoms with van der Waals surface area (Å²) in [5.41, 5.74) is 1.42. The van der Waals surface area contributed by atoms with Crippen molar-refractivity contribution in [2.24, 2.45) is 0 Å². The van der Waals surface area contributed by atoms with Gasteiger partial charge in [0.25, 0.3) is 0 Å². The fourth-order valence-electron chi connectivity index (χ4n) is 2.43. The lowest BCUT2D eigenvalue weighted by Crippen LogP contribution is -2.43. The zero-order valence-corrected chi connectivity index (χ0v) is 13.6. The van der Waals surface area contributed by atoms with E-state index in [1.807, 2.05) is 32.8 Å². The largest absolute Gasteiger partial charge is 0.387 e. The van der Waals surface area contributed by atoms with Crippen LogP contribution in [0.5, 0.6) is 0 Å². The van der Waals surface area contributed by atoms with E-state index in [1.54, 1.807) is 6.92 Å². The number of hydrogen-bond acceptors (Lipinski definition) is 6. The lowest BCUT2D eigenvalue weighted by molar-refractivity contribution is 0.0459. The van der Waals surface area contributed by atoms with Crippen LogP contribution in [0.2, 0.25) is 0 Å². The second kappa shape index (κ2) is 7.34. The van der Waals surface area contributed by atoms with Crippen molar-refractivity contribution < 1.29 is 5.11 Å². The number of nitrogens with zero attached hydrogens (tertiary/aromatic N) is 4. The molecule has 6 heteroatoms. The molecule has 0 radical (unpaired) electrons. The second-order valence-electron chi connectivity index (χ2n) is 5.76. The molecule has 1 atom stereocenters. The minimum absolute atomic E-state index is 0.309. The number of aromatic nitrogens is 2. The number of anilines is 1. The predicted molar refractivity (Wildman–Crippen MR) is 83.2 cm³/mol. The van der Waals surface area contributed by atoms with Crippen LogP contribution in [0.15, 0.2) is 0 Å². The van der Waals surface area contributed by atoms with Gasteiger partial charge in [-0.05, 0) is 39.4 Å². The molecule has 0 saturated heterocycles. The van der Waals surface area contributed by atoms with Crippen LogP contribution in [0.25, 0.3) is 0 Å². The van der Waals surface area contributed by atoms with E-state index >= 15 is 0 Å². The molecule has 0 aliphatic heterocycles. The SMILES string of the molecule is CCc1nnc(NCC(C)(O)CN(C)C)c(C#N)c1CC. The standard InChI is InChI=1S/C15H25N5O/c1-6-11-12(8-16)14(19-18-13(11)7-2)17-9-15(3,21)10-20(4)5/h21H,6-7,9-10H2,1-5H3,(H,17,19). The number of likely N-dealkylation sites (N-methyl/N-ethyl adjacent to an activating group) is 1. The van der Waals surface area contributed by atoms with Gasteiger partial charge in [0.15, 0.2) is 5.82 Å². The van der Waals surface area contributed by atoms with Crippen molar-refractivity contribution in [3.8, 4) is 6.07 Å². The smallest absolute Gasteiger partial charge is 0.167 e. The van der Waals surface area contributed by atoms with E-state index in [0.717, 1.165) is 24.1 Å². The molecule has 1 unspecified atom stereocenters. The van der Waals surface area contributed by atoms with Crippen LogP contribution in [0, 0.1) is 11.3 Å². The Labute approximate surface area is 126 Å². The maximum atomic E-state index is 10.3. The highest BCUT2D eigenvalue weighted by molar-refractivity contribution is 5.56. The monoisotopic (exact) mass is 291 g/mol. The lowest BCUT2D eigenvalue weighted by Gasteiger charge is -2.27. The average molecular weight is 291 g/mol. The summed E-state index contributed by atoms with van der Waals surface area (Å²) in [5, 5.41) is 31.0. The number of aliphatic hydroxyl groups is 1. The summed E-state index contributed by atoms with van der Waals surface area (Å²) in [4.78, 5) is 1.91. The molecule has 116 valence electrons. The maximum absolute atomic E-state index is 10.3. The molecule has 6 nitrogen and oxygen atoms in total. The third-order valence-corrected chi connectivity index (χ3v) is 3.25. The van der Waals surface area contributed by atoms with E-state index in [-0.39, 0.29) is 0 Å². The quantitative estimate of drug-likeness (QED) is 0.785. The van der Waals surface area contributed by atoms with Crippen LogP contribution in [0.3, 0.4) is 0 Å². The number of aryl methyl sites for hydroxylation is 1. The molecule has 0 spiro atoms. The molecule has 0 bridgehead atoms. The maximum Gasteiger partial charge on any atom is 0.167 e. The number of hydrogen-bond donors (Lipinski definition) is 2. The molecule has 1 aromatic rings. The molecule has 0 amide bonds. The van der Waals surface area contributed by atoms with Gasteiger partial charge < -0.3 is 15.3 Å². The zero-order chi connectivity index (χ0) is 16.0. The van der Waals surface area contributed by atoms with Gasteiger partial charge in [-0.2, -0.15) is 10.4 Å². The van der Waals surface area contributed by atoms with Gasteiger partial charge in [0.1, 0.15) is 11.6 Å². The number of nitriles is 1. The van der Waals surface area contributed by atoms with Crippen LogP contribution in [-0.2, 0) is 12.8 Å². The van der Waals surface area contributed by atoms with Crippen molar-refractivity contribution in [3.05, 3.63) is 16.8 Å². The lowest BCUT2D eigenvalue weighted by atomic mass is 10.0. The average Bonchev–Trinajstić information content (AvgIpc) is 2.42. The predicted octanol–water partition coefficient (Wildman–Crippen LogP) is 1.20. The van der Waals surface area contributed by atoms with Crippen LogP contribution in [0.4, 0.5) is 5.82 Å². The Morgan fingerprint density at radius 1 is 1.29 bits per heavy atom. The van der Waals surface area contributed by atoms with Crippen molar-refractivity contribution in [2.45, 2.75) is 39.2 Å². The van der Waals surface area contributed by atoms with Gasteiger partial charge in [-0.1, -0.05) is 13.8 Å².